The first kappa shape index (κ1) is 13.8. The van der Waals surface area contributed by atoms with E-state index in [4.69, 9.17) is 16.6 Å². The highest BCUT2D eigenvalue weighted by atomic mass is 19.1. The van der Waals surface area contributed by atoms with Gasteiger partial charge in [-0.05, 0) is 26.0 Å². The molecule has 86 valence electrons. The third-order valence-electron chi connectivity index (χ3n) is 1.29. The third kappa shape index (κ3) is 7.84. The van der Waals surface area contributed by atoms with Crippen molar-refractivity contribution < 1.29 is 13.9 Å². The lowest BCUT2D eigenvalue weighted by molar-refractivity contribution is 0.221. The van der Waals surface area contributed by atoms with Crippen molar-refractivity contribution in [2.75, 3.05) is 12.3 Å². The summed E-state index contributed by atoms with van der Waals surface area (Å²) in [4.78, 5) is 0. The number of rotatable bonds is 1. The molecule has 0 aliphatic heterocycles. The number of anilines is 1. The van der Waals surface area contributed by atoms with Crippen LogP contribution in [0.15, 0.2) is 18.2 Å². The summed E-state index contributed by atoms with van der Waals surface area (Å²) in [5, 5.41) is 8.28. The zero-order valence-electron chi connectivity index (χ0n) is 8.80. The van der Waals surface area contributed by atoms with E-state index >= 15 is 0 Å². The summed E-state index contributed by atoms with van der Waals surface area (Å²) in [5.74, 6) is -1.29. The van der Waals surface area contributed by atoms with E-state index in [1.54, 1.807) is 13.8 Å². The molecule has 0 saturated heterocycles. The molecule has 0 spiro atoms. The lowest BCUT2D eigenvalue weighted by Gasteiger charge is -2.12. The minimum Gasteiger partial charge on any atom is -0.399 e. The molecular formula is C10H16F2N2O. The molecule has 3 nitrogen and oxygen atoms in total. The van der Waals surface area contributed by atoms with Crippen molar-refractivity contribution in [3.63, 3.8) is 0 Å². The quantitative estimate of drug-likeness (QED) is 0.621. The van der Waals surface area contributed by atoms with Gasteiger partial charge in [-0.3, -0.25) is 0 Å². The van der Waals surface area contributed by atoms with Crippen LogP contribution in [0.4, 0.5) is 14.5 Å². The molecule has 0 bridgehead atoms. The zero-order valence-corrected chi connectivity index (χ0v) is 8.80. The van der Waals surface area contributed by atoms with Crippen molar-refractivity contribution in [3.8, 4) is 0 Å². The van der Waals surface area contributed by atoms with Gasteiger partial charge in [-0.25, -0.2) is 8.78 Å². The van der Waals surface area contributed by atoms with E-state index in [1.165, 1.54) is 0 Å². The van der Waals surface area contributed by atoms with E-state index < -0.39 is 17.2 Å². The highest BCUT2D eigenvalue weighted by molar-refractivity contribution is 5.37. The summed E-state index contributed by atoms with van der Waals surface area (Å²) >= 11 is 0. The monoisotopic (exact) mass is 218 g/mol. The number of hydrogen-bond acceptors (Lipinski definition) is 3. The van der Waals surface area contributed by atoms with Crippen molar-refractivity contribution in [1.82, 2.24) is 0 Å². The second-order valence-electron chi connectivity index (χ2n) is 3.85. The maximum atomic E-state index is 12.1. The Morgan fingerprint density at radius 2 is 1.53 bits per heavy atom. The molecule has 0 aromatic heterocycles. The van der Waals surface area contributed by atoms with Gasteiger partial charge in [0.05, 0.1) is 6.61 Å². The molecule has 0 atom stereocenters. The van der Waals surface area contributed by atoms with E-state index in [-0.39, 0.29) is 12.3 Å². The Hall–Kier alpha value is -1.20. The maximum Gasteiger partial charge on any atom is 0.128 e. The smallest absolute Gasteiger partial charge is 0.128 e. The number of benzene rings is 1. The van der Waals surface area contributed by atoms with Gasteiger partial charge in [-0.15, -0.1) is 0 Å². The van der Waals surface area contributed by atoms with Crippen LogP contribution >= 0.6 is 0 Å². The summed E-state index contributed by atoms with van der Waals surface area (Å²) in [6.07, 6.45) is 0. The predicted octanol–water partition coefficient (Wildman–Crippen LogP) is 1.26. The average Bonchev–Trinajstić information content (AvgIpc) is 2.01. The van der Waals surface area contributed by atoms with Crippen LogP contribution in [0.25, 0.3) is 0 Å². The summed E-state index contributed by atoms with van der Waals surface area (Å²) in [6.45, 7) is 3.59. The van der Waals surface area contributed by atoms with Gasteiger partial charge in [0.25, 0.3) is 0 Å². The number of nitrogens with two attached hydrogens (primary N) is 2. The third-order valence-corrected chi connectivity index (χ3v) is 1.29. The average molecular weight is 218 g/mol. The molecule has 1 rings (SSSR count). The fraction of sp³-hybridized carbons (Fsp3) is 0.400. The molecule has 0 unspecified atom stereocenters. The molecule has 0 saturated carbocycles. The molecule has 0 amide bonds. The van der Waals surface area contributed by atoms with E-state index in [0.29, 0.717) is 0 Å². The predicted molar refractivity (Wildman–Crippen MR) is 56.1 cm³/mol. The lowest BCUT2D eigenvalue weighted by atomic mass is 10.1. The van der Waals surface area contributed by atoms with E-state index in [0.717, 1.165) is 18.2 Å². The van der Waals surface area contributed by atoms with Gasteiger partial charge in [-0.2, -0.15) is 0 Å². The topological polar surface area (TPSA) is 72.3 Å². The lowest BCUT2D eigenvalue weighted by Crippen LogP contribution is -2.35. The maximum absolute atomic E-state index is 12.1. The van der Waals surface area contributed by atoms with Crippen molar-refractivity contribution >= 4 is 5.69 Å². The molecule has 0 aliphatic rings. The number of aliphatic hydroxyl groups excluding tert-OH is 1. The number of nitrogen functional groups attached to an aromatic ring is 1. The molecule has 0 aliphatic carbocycles. The van der Waals surface area contributed by atoms with Crippen LogP contribution < -0.4 is 11.5 Å². The Morgan fingerprint density at radius 1 is 1.20 bits per heavy atom. The normalized spacial score (nSPS) is 10.5. The van der Waals surface area contributed by atoms with Crippen LogP contribution in [0.2, 0.25) is 0 Å². The Balaban J connectivity index is 0.000000288. The Morgan fingerprint density at radius 3 is 1.73 bits per heavy atom. The van der Waals surface area contributed by atoms with Crippen molar-refractivity contribution in [2.45, 2.75) is 19.4 Å². The first-order chi connectivity index (χ1) is 6.74. The highest BCUT2D eigenvalue weighted by Gasteiger charge is 2.05. The van der Waals surface area contributed by atoms with Gasteiger partial charge >= 0.3 is 0 Å². The van der Waals surface area contributed by atoms with Gasteiger partial charge in [0.1, 0.15) is 11.6 Å². The standard InChI is InChI=1S/C6H5F2N.C4H11NO/c7-4-1-5(8)3-6(9)2-4;1-4(2,5)3-6/h1-3H,9H2;6H,3,5H2,1-2H3. The van der Waals surface area contributed by atoms with E-state index in [2.05, 4.69) is 0 Å². The fourth-order valence-corrected chi connectivity index (χ4v) is 0.575. The molecule has 1 aromatic rings. The van der Waals surface area contributed by atoms with Gasteiger partial charge in [0, 0.05) is 17.3 Å². The molecule has 1 aromatic carbocycles. The van der Waals surface area contributed by atoms with Crippen LogP contribution in [-0.4, -0.2) is 17.3 Å². The molecule has 0 fully saturated rings. The van der Waals surface area contributed by atoms with Crippen molar-refractivity contribution in [1.29, 1.82) is 0 Å². The van der Waals surface area contributed by atoms with E-state index in [1.807, 2.05) is 0 Å². The second kappa shape index (κ2) is 5.63. The Kier molecular flexibility index (Phi) is 5.18. The Labute approximate surface area is 87.7 Å². The van der Waals surface area contributed by atoms with Crippen molar-refractivity contribution in [2.24, 2.45) is 5.73 Å². The molecule has 5 N–H and O–H groups in total. The highest BCUT2D eigenvalue weighted by Crippen LogP contribution is 2.07. The summed E-state index contributed by atoms with van der Waals surface area (Å²) in [6, 6.07) is 2.89. The van der Waals surface area contributed by atoms with Crippen LogP contribution in [0, 0.1) is 11.6 Å². The minimum absolute atomic E-state index is 0.0486. The summed E-state index contributed by atoms with van der Waals surface area (Å²) in [5.41, 5.74) is 10.1. The Bertz CT molecular complexity index is 260. The molecular weight excluding hydrogens is 202 g/mol. The molecule has 15 heavy (non-hydrogen) atoms. The van der Waals surface area contributed by atoms with Gasteiger partial charge in [-0.1, -0.05) is 0 Å². The SMILES string of the molecule is CC(C)(N)CO.Nc1cc(F)cc(F)c1. The minimum atomic E-state index is -0.646. The number of aliphatic hydroxyl groups is 1. The second-order valence-corrected chi connectivity index (χ2v) is 3.85. The van der Waals surface area contributed by atoms with Crippen LogP contribution in [0.3, 0.4) is 0 Å². The van der Waals surface area contributed by atoms with Crippen LogP contribution in [0.1, 0.15) is 13.8 Å². The summed E-state index contributed by atoms with van der Waals surface area (Å²) < 4.78 is 24.2. The van der Waals surface area contributed by atoms with Crippen molar-refractivity contribution in [3.05, 3.63) is 29.8 Å². The van der Waals surface area contributed by atoms with Gasteiger partial charge in [0.15, 0.2) is 0 Å². The van der Waals surface area contributed by atoms with E-state index in [9.17, 15) is 8.78 Å². The van der Waals surface area contributed by atoms with Gasteiger partial charge < -0.3 is 16.6 Å². The van der Waals surface area contributed by atoms with Crippen LogP contribution in [0.5, 0.6) is 0 Å². The van der Waals surface area contributed by atoms with Crippen LogP contribution in [-0.2, 0) is 0 Å². The molecule has 5 heteroatoms. The largest absolute Gasteiger partial charge is 0.399 e. The number of halogens is 2. The van der Waals surface area contributed by atoms with Gasteiger partial charge in [0.2, 0.25) is 0 Å². The molecule has 0 heterocycles. The fourth-order valence-electron chi connectivity index (χ4n) is 0.575. The number of hydrogen-bond donors (Lipinski definition) is 3. The first-order valence-corrected chi connectivity index (χ1v) is 4.36. The first-order valence-electron chi connectivity index (χ1n) is 4.36. The molecule has 0 radical (unpaired) electrons. The zero-order chi connectivity index (χ0) is 12.1. The summed E-state index contributed by atoms with van der Waals surface area (Å²) in [7, 11) is 0.